The van der Waals surface area contributed by atoms with Crippen LogP contribution in [0.1, 0.15) is 70.9 Å². The third-order valence-electron chi connectivity index (χ3n) is 9.72. The predicted octanol–water partition coefficient (Wildman–Crippen LogP) is 5.86. The fourth-order valence-electron chi connectivity index (χ4n) is 6.40. The van der Waals surface area contributed by atoms with E-state index in [9.17, 15) is 31.2 Å². The molecule has 3 aromatic carbocycles. The average molecular weight is 838 g/mol. The highest BCUT2D eigenvalue weighted by molar-refractivity contribution is 7.89. The van der Waals surface area contributed by atoms with Crippen molar-refractivity contribution in [3.05, 3.63) is 94.0 Å². The molecule has 0 aliphatic carbocycles. The Kier molecular flexibility index (Phi) is 15.0. The summed E-state index contributed by atoms with van der Waals surface area (Å²) in [5.41, 5.74) is 1.37. The number of esters is 1. The summed E-state index contributed by atoms with van der Waals surface area (Å²) in [6.07, 6.45) is 3.24. The molecule has 12 nitrogen and oxygen atoms in total. The lowest BCUT2D eigenvalue weighted by Gasteiger charge is -2.33. The van der Waals surface area contributed by atoms with E-state index in [4.69, 9.17) is 23.2 Å². The van der Waals surface area contributed by atoms with Gasteiger partial charge in [-0.1, -0.05) is 75.2 Å². The highest BCUT2D eigenvalue weighted by atomic mass is 35.5. The van der Waals surface area contributed by atoms with Gasteiger partial charge in [0.1, 0.15) is 12.1 Å². The number of nitrogens with one attached hydrogen (secondary N) is 3. The average Bonchev–Trinajstić information content (AvgIpc) is 3.34. The summed E-state index contributed by atoms with van der Waals surface area (Å²) in [5.74, 6) is -0.859. The molecule has 16 heteroatoms. The summed E-state index contributed by atoms with van der Waals surface area (Å²) in [4.78, 5) is 36.6. The van der Waals surface area contributed by atoms with Crippen LogP contribution in [0.5, 0.6) is 0 Å². The van der Waals surface area contributed by atoms with Crippen LogP contribution in [0.25, 0.3) is 0 Å². The number of hydrogen-bond acceptors (Lipinski definition) is 8. The van der Waals surface area contributed by atoms with Crippen molar-refractivity contribution in [2.45, 2.75) is 94.6 Å². The van der Waals surface area contributed by atoms with Crippen molar-refractivity contribution in [2.24, 2.45) is 10.8 Å². The smallest absolute Gasteiger partial charge is 0.305 e. The number of hydrogen-bond donors (Lipinski definition) is 3. The lowest BCUT2D eigenvalue weighted by Crippen LogP contribution is -2.49. The van der Waals surface area contributed by atoms with Crippen LogP contribution in [-0.4, -0.2) is 71.2 Å². The number of benzene rings is 3. The van der Waals surface area contributed by atoms with Crippen LogP contribution in [-0.2, 0) is 52.1 Å². The fraction of sp³-hybridized carbons (Fsp3) is 0.462. The lowest BCUT2D eigenvalue weighted by atomic mass is 9.83. The van der Waals surface area contributed by atoms with Gasteiger partial charge in [-0.2, -0.15) is 9.03 Å². The zero-order chi connectivity index (χ0) is 40.6. The van der Waals surface area contributed by atoms with Crippen molar-refractivity contribution < 1.29 is 36.0 Å². The topological polar surface area (TPSA) is 168 Å². The molecular formula is C39H50Cl2N4O8S2. The van der Waals surface area contributed by atoms with Gasteiger partial charge >= 0.3 is 5.97 Å². The van der Waals surface area contributed by atoms with E-state index in [1.54, 1.807) is 0 Å². The monoisotopic (exact) mass is 836 g/mol. The first-order valence-corrected chi connectivity index (χ1v) is 21.6. The van der Waals surface area contributed by atoms with Crippen molar-refractivity contribution in [3.8, 4) is 0 Å². The Hall–Kier alpha value is -3.53. The van der Waals surface area contributed by atoms with Gasteiger partial charge in [0.15, 0.2) is 0 Å². The van der Waals surface area contributed by atoms with Crippen LogP contribution in [0, 0.1) is 10.8 Å². The third-order valence-corrected chi connectivity index (χ3v) is 13.6. The molecule has 3 N–H and O–H groups in total. The molecule has 5 rings (SSSR count). The standard InChI is InChI=1S/C25H31ClN2O5S.C14H19ClN2O3S/c1-25(2)14-15-27-24(30)22(16-25)28(34(31,32)21-11-9-20(26)10-12-21)17-19-6-4-18(5-7-19)8-13-23(29)33-3;1-14(2)7-8-16-13(18)12(9-14)17-21(19,20)11-5-3-10(15)4-6-11/h4-7,9-12,22H,8,13-17H2,1-3H3,(H,27,30);3-6,12,17H,7-9H2,1-2H3,(H,16,18)/t22-;12-/m11/s1. The molecule has 0 unspecified atom stereocenters. The minimum Gasteiger partial charge on any atom is -0.469 e. The predicted molar refractivity (Wildman–Crippen MR) is 212 cm³/mol. The van der Waals surface area contributed by atoms with Gasteiger partial charge in [0, 0.05) is 36.1 Å². The van der Waals surface area contributed by atoms with Gasteiger partial charge in [-0.15, -0.1) is 0 Å². The molecular weight excluding hydrogens is 787 g/mol. The molecule has 300 valence electrons. The van der Waals surface area contributed by atoms with E-state index < -0.39 is 32.1 Å². The van der Waals surface area contributed by atoms with Gasteiger partial charge in [-0.25, -0.2) is 16.8 Å². The zero-order valence-corrected chi connectivity index (χ0v) is 34.9. The number of sulfonamides is 2. The third kappa shape index (κ3) is 12.7. The Morgan fingerprint density at radius 3 is 1.80 bits per heavy atom. The van der Waals surface area contributed by atoms with Crippen LogP contribution >= 0.6 is 23.2 Å². The summed E-state index contributed by atoms with van der Waals surface area (Å²) in [6, 6.07) is 17.6. The summed E-state index contributed by atoms with van der Waals surface area (Å²) >= 11 is 11.7. The van der Waals surface area contributed by atoms with Gasteiger partial charge in [0.25, 0.3) is 0 Å². The van der Waals surface area contributed by atoms with Gasteiger partial charge in [-0.3, -0.25) is 14.4 Å². The summed E-state index contributed by atoms with van der Waals surface area (Å²) in [7, 11) is -6.39. The molecule has 55 heavy (non-hydrogen) atoms. The summed E-state index contributed by atoms with van der Waals surface area (Å²) in [6.45, 7) is 9.24. The number of aryl methyl sites for hydroxylation is 1. The number of carbonyl (C=O) groups is 3. The van der Waals surface area contributed by atoms with Crippen LogP contribution in [0.4, 0.5) is 0 Å². The van der Waals surface area contributed by atoms with Gasteiger partial charge < -0.3 is 15.4 Å². The second-order valence-corrected chi connectivity index (χ2v) is 19.8. The molecule has 2 aliphatic rings. The van der Waals surface area contributed by atoms with Crippen LogP contribution in [0.15, 0.2) is 82.6 Å². The van der Waals surface area contributed by atoms with E-state index in [1.165, 1.54) is 59.9 Å². The molecule has 2 fully saturated rings. The Balaban J connectivity index is 0.000000274. The maximum absolute atomic E-state index is 13.7. The number of ether oxygens (including phenoxy) is 1. The number of rotatable bonds is 11. The van der Waals surface area contributed by atoms with Crippen LogP contribution in [0.3, 0.4) is 0 Å². The highest BCUT2D eigenvalue weighted by Crippen LogP contribution is 2.34. The normalized spacial score (nSPS) is 19.9. The Labute approximate surface area is 334 Å². The SMILES string of the molecule is CC1(C)CCNC(=O)[C@H](NS(=O)(=O)c2ccc(Cl)cc2)C1.COC(=O)CCc1ccc(CN([C@@H]2CC(C)(C)CCNC2=O)S(=O)(=O)c2ccc(Cl)cc2)cc1. The van der Waals surface area contributed by atoms with Crippen molar-refractivity contribution in [1.82, 2.24) is 19.7 Å². The second kappa shape index (κ2) is 18.6. The van der Waals surface area contributed by atoms with Crippen LogP contribution < -0.4 is 15.4 Å². The van der Waals surface area contributed by atoms with E-state index in [0.29, 0.717) is 42.4 Å². The Morgan fingerprint density at radius 1 is 0.764 bits per heavy atom. The number of amides is 2. The molecule has 0 bridgehead atoms. The largest absolute Gasteiger partial charge is 0.469 e. The van der Waals surface area contributed by atoms with Gasteiger partial charge in [-0.05, 0) is 103 Å². The molecule has 0 aromatic heterocycles. The molecule has 2 aliphatic heterocycles. The minimum atomic E-state index is -4.00. The first-order valence-electron chi connectivity index (χ1n) is 18.0. The number of halogens is 2. The van der Waals surface area contributed by atoms with Gasteiger partial charge in [0.05, 0.1) is 16.9 Å². The quantitative estimate of drug-likeness (QED) is 0.202. The molecule has 2 saturated heterocycles. The minimum absolute atomic E-state index is 0.0381. The molecule has 0 radical (unpaired) electrons. The summed E-state index contributed by atoms with van der Waals surface area (Å²) in [5, 5.41) is 6.52. The van der Waals surface area contributed by atoms with Crippen molar-refractivity contribution in [3.63, 3.8) is 0 Å². The first-order chi connectivity index (χ1) is 25.7. The number of methoxy groups -OCH3 is 1. The second-order valence-electron chi connectivity index (χ2n) is 15.4. The molecule has 0 spiro atoms. The number of nitrogens with zero attached hydrogens (tertiary/aromatic N) is 1. The molecule has 3 aromatic rings. The van der Waals surface area contributed by atoms with E-state index >= 15 is 0 Å². The van der Waals surface area contributed by atoms with E-state index in [-0.39, 0.29) is 51.4 Å². The van der Waals surface area contributed by atoms with Crippen molar-refractivity contribution in [1.29, 1.82) is 0 Å². The first kappa shape index (κ1) is 44.2. The summed E-state index contributed by atoms with van der Waals surface area (Å²) < 4.78 is 60.7. The molecule has 2 amide bonds. The Bertz CT molecular complexity index is 2020. The molecule has 0 saturated carbocycles. The van der Waals surface area contributed by atoms with Gasteiger partial charge in [0.2, 0.25) is 31.9 Å². The van der Waals surface area contributed by atoms with E-state index in [2.05, 4.69) is 20.1 Å². The van der Waals surface area contributed by atoms with Crippen molar-refractivity contribution in [2.75, 3.05) is 20.2 Å². The van der Waals surface area contributed by atoms with E-state index in [1.807, 2.05) is 52.0 Å². The molecule has 2 atom stereocenters. The van der Waals surface area contributed by atoms with Crippen LogP contribution in [0.2, 0.25) is 10.0 Å². The maximum atomic E-state index is 13.7. The van der Waals surface area contributed by atoms with E-state index in [0.717, 1.165) is 24.0 Å². The maximum Gasteiger partial charge on any atom is 0.305 e. The fourth-order valence-corrected chi connectivity index (χ4v) is 9.42. The number of carbonyl (C=O) groups excluding carboxylic acids is 3. The zero-order valence-electron chi connectivity index (χ0n) is 31.7. The lowest BCUT2D eigenvalue weighted by molar-refractivity contribution is -0.140. The highest BCUT2D eigenvalue weighted by Gasteiger charge is 2.41. The molecule has 2 heterocycles. The van der Waals surface area contributed by atoms with Crippen molar-refractivity contribution >= 4 is 61.0 Å². The Morgan fingerprint density at radius 2 is 1.25 bits per heavy atom.